The summed E-state index contributed by atoms with van der Waals surface area (Å²) in [5.41, 5.74) is 5.45. The Labute approximate surface area is 98.6 Å². The van der Waals surface area contributed by atoms with Crippen LogP contribution in [0.25, 0.3) is 0 Å². The van der Waals surface area contributed by atoms with Crippen molar-refractivity contribution in [1.82, 2.24) is 9.21 Å². The molecular formula is C10H23N3O2S. The Morgan fingerprint density at radius 3 is 2.12 bits per heavy atom. The van der Waals surface area contributed by atoms with Crippen molar-refractivity contribution in [2.45, 2.75) is 38.1 Å². The van der Waals surface area contributed by atoms with E-state index in [9.17, 15) is 8.42 Å². The van der Waals surface area contributed by atoms with Gasteiger partial charge < -0.3 is 5.73 Å². The third kappa shape index (κ3) is 2.56. The number of hydrogen-bond acceptors (Lipinski definition) is 4. The lowest BCUT2D eigenvalue weighted by molar-refractivity contribution is 0.105. The Hall–Kier alpha value is -0.170. The van der Waals surface area contributed by atoms with Gasteiger partial charge in [0.1, 0.15) is 0 Å². The van der Waals surface area contributed by atoms with Crippen LogP contribution in [0.3, 0.4) is 0 Å². The molecule has 0 amide bonds. The van der Waals surface area contributed by atoms with E-state index in [1.165, 1.54) is 0 Å². The fourth-order valence-electron chi connectivity index (χ4n) is 1.94. The van der Waals surface area contributed by atoms with Crippen molar-refractivity contribution in [2.75, 3.05) is 26.7 Å². The third-order valence-electron chi connectivity index (χ3n) is 3.53. The first kappa shape index (κ1) is 13.9. The van der Waals surface area contributed by atoms with Gasteiger partial charge in [-0.1, -0.05) is 0 Å². The molecule has 0 aromatic heterocycles. The molecule has 1 heterocycles. The van der Waals surface area contributed by atoms with Gasteiger partial charge in [-0.15, -0.1) is 0 Å². The average molecular weight is 249 g/mol. The van der Waals surface area contributed by atoms with Crippen LogP contribution in [-0.2, 0) is 10.0 Å². The summed E-state index contributed by atoms with van der Waals surface area (Å²) in [7, 11) is -1.19. The van der Waals surface area contributed by atoms with E-state index in [1.807, 2.05) is 20.9 Å². The second kappa shape index (κ2) is 5.00. The summed E-state index contributed by atoms with van der Waals surface area (Å²) in [5, 5.41) is -0.490. The van der Waals surface area contributed by atoms with Gasteiger partial charge >= 0.3 is 0 Å². The Morgan fingerprint density at radius 1 is 1.31 bits per heavy atom. The Morgan fingerprint density at radius 2 is 1.75 bits per heavy atom. The lowest BCUT2D eigenvalue weighted by atomic mass is 10.1. The number of rotatable bonds is 3. The van der Waals surface area contributed by atoms with Crippen LogP contribution in [0.5, 0.6) is 0 Å². The van der Waals surface area contributed by atoms with Crippen LogP contribution in [0.1, 0.15) is 20.8 Å². The fraction of sp³-hybridized carbons (Fsp3) is 1.00. The van der Waals surface area contributed by atoms with Gasteiger partial charge in [-0.25, -0.2) is 8.42 Å². The van der Waals surface area contributed by atoms with E-state index in [-0.39, 0.29) is 18.6 Å². The monoisotopic (exact) mass is 249 g/mol. The number of hydrogen-bond donors (Lipinski definition) is 1. The van der Waals surface area contributed by atoms with Crippen LogP contribution >= 0.6 is 0 Å². The lowest BCUT2D eigenvalue weighted by Gasteiger charge is -2.42. The molecule has 0 aromatic carbocycles. The van der Waals surface area contributed by atoms with Crippen molar-refractivity contribution >= 4 is 10.0 Å². The highest BCUT2D eigenvalue weighted by atomic mass is 32.2. The van der Waals surface area contributed by atoms with Gasteiger partial charge in [-0.3, -0.25) is 4.90 Å². The van der Waals surface area contributed by atoms with E-state index >= 15 is 0 Å². The maximum absolute atomic E-state index is 12.1. The second-order valence-corrected chi connectivity index (χ2v) is 7.12. The molecule has 1 saturated heterocycles. The molecule has 0 aromatic rings. The molecule has 1 aliphatic rings. The molecule has 3 atom stereocenters. The van der Waals surface area contributed by atoms with Crippen LogP contribution in [-0.4, -0.2) is 61.6 Å². The zero-order valence-corrected chi connectivity index (χ0v) is 11.4. The summed E-state index contributed by atoms with van der Waals surface area (Å²) < 4.78 is 25.9. The number of nitrogens with two attached hydrogens (primary N) is 1. The smallest absolute Gasteiger partial charge is 0.218 e. The van der Waals surface area contributed by atoms with Gasteiger partial charge in [0.15, 0.2) is 0 Å². The second-order valence-electron chi connectivity index (χ2n) is 4.77. The van der Waals surface area contributed by atoms with Crippen LogP contribution in [0, 0.1) is 0 Å². The summed E-state index contributed by atoms with van der Waals surface area (Å²) in [6, 6.07) is 0.506. The molecule has 2 N–H and O–H groups in total. The molecule has 0 radical (unpaired) electrons. The molecule has 1 rings (SSSR count). The minimum Gasteiger partial charge on any atom is -0.329 e. The van der Waals surface area contributed by atoms with Crippen LogP contribution < -0.4 is 5.73 Å². The van der Waals surface area contributed by atoms with Crippen LogP contribution in [0.2, 0.25) is 0 Å². The van der Waals surface area contributed by atoms with Crippen molar-refractivity contribution in [3.63, 3.8) is 0 Å². The molecule has 0 aliphatic carbocycles. The zero-order chi connectivity index (χ0) is 12.5. The molecular weight excluding hydrogens is 226 g/mol. The average Bonchev–Trinajstić information content (AvgIpc) is 2.23. The van der Waals surface area contributed by atoms with Crippen molar-refractivity contribution in [3.05, 3.63) is 0 Å². The highest BCUT2D eigenvalue weighted by molar-refractivity contribution is 7.89. The van der Waals surface area contributed by atoms with Gasteiger partial charge in [0.2, 0.25) is 10.0 Å². The normalized spacial score (nSPS) is 31.6. The fourth-order valence-corrected chi connectivity index (χ4v) is 3.54. The van der Waals surface area contributed by atoms with Gasteiger partial charge in [-0.05, 0) is 27.8 Å². The molecule has 0 bridgehead atoms. The Balaban J connectivity index is 2.83. The highest BCUT2D eigenvalue weighted by Crippen LogP contribution is 2.18. The summed E-state index contributed by atoms with van der Waals surface area (Å²) >= 11 is 0. The summed E-state index contributed by atoms with van der Waals surface area (Å²) in [6.45, 7) is 7.07. The molecule has 5 nitrogen and oxygen atoms in total. The largest absolute Gasteiger partial charge is 0.329 e. The first-order chi connectivity index (χ1) is 7.30. The zero-order valence-electron chi connectivity index (χ0n) is 10.5. The Bertz CT molecular complexity index is 319. The molecule has 0 spiro atoms. The van der Waals surface area contributed by atoms with Gasteiger partial charge in [0.05, 0.1) is 5.25 Å². The highest BCUT2D eigenvalue weighted by Gasteiger charge is 2.35. The first-order valence-electron chi connectivity index (χ1n) is 5.71. The quantitative estimate of drug-likeness (QED) is 0.745. The number of piperazine rings is 1. The molecule has 1 aliphatic heterocycles. The van der Waals surface area contributed by atoms with E-state index in [0.717, 1.165) is 0 Å². The van der Waals surface area contributed by atoms with E-state index in [1.54, 1.807) is 11.2 Å². The standard InChI is InChI=1S/C10H23N3O2S/c1-8-6-13(7-9(2)12(8)4)16(14,15)10(3)5-11/h8-10H,5-7,11H2,1-4H3. The molecule has 1 fully saturated rings. The molecule has 6 heteroatoms. The molecule has 16 heavy (non-hydrogen) atoms. The molecule has 3 unspecified atom stereocenters. The van der Waals surface area contributed by atoms with E-state index in [0.29, 0.717) is 13.1 Å². The summed E-state index contributed by atoms with van der Waals surface area (Å²) in [4.78, 5) is 2.21. The minimum absolute atomic E-state index is 0.178. The predicted molar refractivity (Wildman–Crippen MR) is 65.7 cm³/mol. The number of likely N-dealkylation sites (N-methyl/N-ethyl adjacent to an activating group) is 1. The first-order valence-corrected chi connectivity index (χ1v) is 7.22. The number of sulfonamides is 1. The van der Waals surface area contributed by atoms with Crippen molar-refractivity contribution in [2.24, 2.45) is 5.73 Å². The van der Waals surface area contributed by atoms with Gasteiger partial charge in [0.25, 0.3) is 0 Å². The topological polar surface area (TPSA) is 66.6 Å². The predicted octanol–water partition coefficient (Wildman–Crippen LogP) is -0.312. The summed E-state index contributed by atoms with van der Waals surface area (Å²) in [5.74, 6) is 0. The van der Waals surface area contributed by atoms with Crippen LogP contribution in [0.4, 0.5) is 0 Å². The van der Waals surface area contributed by atoms with E-state index in [2.05, 4.69) is 4.90 Å². The Kier molecular flexibility index (Phi) is 4.34. The van der Waals surface area contributed by atoms with Crippen molar-refractivity contribution in [3.8, 4) is 0 Å². The van der Waals surface area contributed by atoms with E-state index < -0.39 is 15.3 Å². The SMILES string of the molecule is CC1CN(S(=O)(=O)C(C)CN)CC(C)N1C. The lowest BCUT2D eigenvalue weighted by Crippen LogP contribution is -2.58. The maximum Gasteiger partial charge on any atom is 0.218 e. The minimum atomic E-state index is -3.22. The van der Waals surface area contributed by atoms with Gasteiger partial charge in [0, 0.05) is 31.7 Å². The maximum atomic E-state index is 12.1. The van der Waals surface area contributed by atoms with Gasteiger partial charge in [-0.2, -0.15) is 4.31 Å². The molecule has 96 valence electrons. The summed E-state index contributed by atoms with van der Waals surface area (Å²) in [6.07, 6.45) is 0. The van der Waals surface area contributed by atoms with Crippen molar-refractivity contribution in [1.29, 1.82) is 0 Å². The molecule has 0 saturated carbocycles. The van der Waals surface area contributed by atoms with E-state index in [4.69, 9.17) is 5.73 Å². The van der Waals surface area contributed by atoms with Crippen molar-refractivity contribution < 1.29 is 8.42 Å². The number of nitrogens with zero attached hydrogens (tertiary/aromatic N) is 2. The van der Waals surface area contributed by atoms with Crippen LogP contribution in [0.15, 0.2) is 0 Å². The third-order valence-corrected chi connectivity index (χ3v) is 5.75.